The molecule has 6 heterocycles. The summed E-state index contributed by atoms with van der Waals surface area (Å²) in [5.41, 5.74) is 0. The molecular formula is C36H50O24. The first-order chi connectivity index (χ1) is 28.1. The van der Waals surface area contributed by atoms with Crippen molar-refractivity contribution in [2.75, 3.05) is 19.8 Å². The minimum absolute atomic E-state index is 0.395. The van der Waals surface area contributed by atoms with Crippen LogP contribution in [0.5, 0.6) is 0 Å². The number of fused-ring (bicyclic) bond motifs is 3. The van der Waals surface area contributed by atoms with Crippen LogP contribution in [0.4, 0.5) is 0 Å². The Balaban J connectivity index is 1.18. The minimum atomic E-state index is -2.07. The summed E-state index contributed by atoms with van der Waals surface area (Å²) in [7, 11) is 0. The van der Waals surface area contributed by atoms with Crippen LogP contribution in [-0.4, -0.2) is 171 Å². The van der Waals surface area contributed by atoms with E-state index in [1.54, 1.807) is 6.92 Å². The number of rotatable bonds is 13. The van der Waals surface area contributed by atoms with Gasteiger partial charge in [0.15, 0.2) is 61.8 Å². The lowest BCUT2D eigenvalue weighted by molar-refractivity contribution is -0.396. The lowest BCUT2D eigenvalue weighted by Gasteiger charge is -2.42. The van der Waals surface area contributed by atoms with Gasteiger partial charge < -0.3 is 76.2 Å². The molecule has 0 aromatic heterocycles. The quantitative estimate of drug-likeness (QED) is 0.167. The van der Waals surface area contributed by atoms with Crippen LogP contribution in [0.2, 0.25) is 0 Å². The summed E-state index contributed by atoms with van der Waals surface area (Å²) in [5.74, 6) is -8.36. The molecule has 24 heteroatoms. The summed E-state index contributed by atoms with van der Waals surface area (Å²) in [6.07, 6.45) is -19.9. The Morgan fingerprint density at radius 3 is 1.38 bits per heavy atom. The SMILES string of the molecule is CC(=O)OC[C@@H]1O[C@@H]2O[C@](C)(OC[C@@H]3O[C@@H]4O[C@H](C)O[C@H]4[C@H](O[C@]4(C)O[C@@H]5O[C@@H](COC(C)=O)[C@@H](OC(C)=O)[C@H](OC(C)=O)[C@H]5O4)[C@@H]3O)O[C@H]2[C@H](OC(C)=O)[C@H]1OC(C)=O. The molecule has 6 aliphatic heterocycles. The fraction of sp³-hybridized carbons (Fsp3) is 0.833. The molecule has 18 atom stereocenters. The van der Waals surface area contributed by atoms with Crippen molar-refractivity contribution in [3.05, 3.63) is 0 Å². The van der Waals surface area contributed by atoms with E-state index in [0.717, 1.165) is 27.7 Å². The van der Waals surface area contributed by atoms with Crippen molar-refractivity contribution < 1.29 is 114 Å². The van der Waals surface area contributed by atoms with E-state index in [2.05, 4.69) is 0 Å². The fourth-order valence-corrected chi connectivity index (χ4v) is 7.62. The van der Waals surface area contributed by atoms with E-state index in [1.165, 1.54) is 27.7 Å². The molecule has 0 radical (unpaired) electrons. The van der Waals surface area contributed by atoms with Gasteiger partial charge in [0.2, 0.25) is 0 Å². The molecule has 0 aromatic carbocycles. The second-order valence-corrected chi connectivity index (χ2v) is 14.8. The Morgan fingerprint density at radius 2 is 0.917 bits per heavy atom. The third-order valence-electron chi connectivity index (χ3n) is 9.81. The molecule has 0 bridgehead atoms. The zero-order valence-corrected chi connectivity index (χ0v) is 34.2. The van der Waals surface area contributed by atoms with Gasteiger partial charge in [0.05, 0.1) is 6.61 Å². The lowest BCUT2D eigenvalue weighted by atomic mass is 9.98. The summed E-state index contributed by atoms with van der Waals surface area (Å²) in [4.78, 5) is 71.9. The van der Waals surface area contributed by atoms with Crippen LogP contribution < -0.4 is 0 Å². The van der Waals surface area contributed by atoms with Crippen molar-refractivity contribution in [2.24, 2.45) is 0 Å². The third kappa shape index (κ3) is 10.5. The van der Waals surface area contributed by atoms with E-state index in [9.17, 15) is 33.9 Å². The molecular weight excluding hydrogens is 816 g/mol. The zero-order chi connectivity index (χ0) is 43.8. The van der Waals surface area contributed by atoms with Gasteiger partial charge in [-0.25, -0.2) is 0 Å². The smallest absolute Gasteiger partial charge is 0.303 e. The van der Waals surface area contributed by atoms with Gasteiger partial charge in [0.25, 0.3) is 11.9 Å². The van der Waals surface area contributed by atoms with Gasteiger partial charge in [-0.05, 0) is 6.92 Å². The van der Waals surface area contributed by atoms with Crippen molar-refractivity contribution in [1.29, 1.82) is 0 Å². The number of hydrogen-bond acceptors (Lipinski definition) is 24. The molecule has 0 aliphatic carbocycles. The van der Waals surface area contributed by atoms with Crippen molar-refractivity contribution >= 4 is 35.8 Å². The molecule has 0 aromatic rings. The summed E-state index contributed by atoms with van der Waals surface area (Å²) in [6.45, 7) is 9.89. The van der Waals surface area contributed by atoms with Crippen LogP contribution in [0.15, 0.2) is 0 Å². The van der Waals surface area contributed by atoms with Crippen molar-refractivity contribution in [1.82, 2.24) is 0 Å². The molecule has 60 heavy (non-hydrogen) atoms. The first-order valence-electron chi connectivity index (χ1n) is 19.1. The van der Waals surface area contributed by atoms with E-state index in [4.69, 9.17) is 80.5 Å². The van der Waals surface area contributed by atoms with Gasteiger partial charge in [-0.3, -0.25) is 38.2 Å². The van der Waals surface area contributed by atoms with Crippen LogP contribution in [-0.2, 0) is 109 Å². The monoisotopic (exact) mass is 866 g/mol. The maximum absolute atomic E-state index is 12.3. The first-order valence-corrected chi connectivity index (χ1v) is 19.1. The molecule has 0 spiro atoms. The number of ether oxygens (including phenoxy) is 17. The van der Waals surface area contributed by atoms with E-state index in [1.807, 2.05) is 0 Å². The number of aliphatic hydroxyl groups excluding tert-OH is 1. The summed E-state index contributed by atoms with van der Waals surface area (Å²) >= 11 is 0. The third-order valence-corrected chi connectivity index (χ3v) is 9.81. The molecule has 6 rings (SSSR count). The van der Waals surface area contributed by atoms with Crippen LogP contribution >= 0.6 is 0 Å². The number of carbonyl (C=O) groups is 6. The van der Waals surface area contributed by atoms with E-state index in [0.29, 0.717) is 0 Å². The van der Waals surface area contributed by atoms with Crippen LogP contribution in [0, 0.1) is 0 Å². The molecule has 0 unspecified atom stereocenters. The van der Waals surface area contributed by atoms with Gasteiger partial charge in [0.1, 0.15) is 49.8 Å². The number of hydrogen-bond donors (Lipinski definition) is 1. The maximum Gasteiger partial charge on any atom is 0.303 e. The Labute approximate surface area is 342 Å². The Hall–Kier alpha value is -3.66. The molecule has 6 aliphatic rings. The van der Waals surface area contributed by atoms with Crippen LogP contribution in [0.1, 0.15) is 62.3 Å². The number of esters is 6. The first kappa shape index (κ1) is 45.9. The van der Waals surface area contributed by atoms with Crippen LogP contribution in [0.3, 0.4) is 0 Å². The highest BCUT2D eigenvalue weighted by atomic mass is 17.0. The topological polar surface area (TPSA) is 280 Å². The fourth-order valence-electron chi connectivity index (χ4n) is 7.62. The predicted molar refractivity (Wildman–Crippen MR) is 182 cm³/mol. The van der Waals surface area contributed by atoms with Gasteiger partial charge in [-0.1, -0.05) is 0 Å². The second kappa shape index (κ2) is 18.4. The second-order valence-electron chi connectivity index (χ2n) is 14.8. The summed E-state index contributed by atoms with van der Waals surface area (Å²) < 4.78 is 98.5. The normalized spacial score (nSPS) is 43.1. The molecule has 6 saturated heterocycles. The highest BCUT2D eigenvalue weighted by molar-refractivity contribution is 5.68. The lowest BCUT2D eigenvalue weighted by Crippen LogP contribution is -2.61. The molecule has 24 nitrogen and oxygen atoms in total. The Bertz CT molecular complexity index is 1630. The largest absolute Gasteiger partial charge is 0.463 e. The Kier molecular flexibility index (Phi) is 14.0. The van der Waals surface area contributed by atoms with Gasteiger partial charge in [-0.2, -0.15) is 0 Å². The van der Waals surface area contributed by atoms with Crippen molar-refractivity contribution in [3.63, 3.8) is 0 Å². The highest BCUT2D eigenvalue weighted by Crippen LogP contribution is 2.44. The number of carbonyl (C=O) groups excluding carboxylic acids is 6. The van der Waals surface area contributed by atoms with Gasteiger partial charge >= 0.3 is 35.8 Å². The number of aliphatic hydroxyl groups is 1. The van der Waals surface area contributed by atoms with E-state index in [-0.39, 0.29) is 0 Å². The van der Waals surface area contributed by atoms with Crippen LogP contribution in [0.25, 0.3) is 0 Å². The van der Waals surface area contributed by atoms with E-state index < -0.39 is 166 Å². The summed E-state index contributed by atoms with van der Waals surface area (Å²) in [6, 6.07) is 0. The predicted octanol–water partition coefficient (Wildman–Crippen LogP) is -1.28. The molecule has 338 valence electrons. The highest BCUT2D eigenvalue weighted by Gasteiger charge is 2.63. The zero-order valence-electron chi connectivity index (χ0n) is 34.2. The Morgan fingerprint density at radius 1 is 0.483 bits per heavy atom. The molecule has 6 fully saturated rings. The molecule has 0 amide bonds. The average molecular weight is 867 g/mol. The average Bonchev–Trinajstić information content (AvgIpc) is 3.79. The maximum atomic E-state index is 12.3. The molecule has 1 N–H and O–H groups in total. The van der Waals surface area contributed by atoms with Crippen molar-refractivity contribution in [3.8, 4) is 0 Å². The van der Waals surface area contributed by atoms with Gasteiger partial charge in [0, 0.05) is 55.4 Å². The van der Waals surface area contributed by atoms with Gasteiger partial charge in [-0.15, -0.1) is 0 Å². The standard InChI is InChI=1S/C36H50O24/c1-13(37)44-10-21-24(47-15(3)39)27(49-17(5)41)30-33(54-21)59-35(8,57-30)46-12-20-23(43)26(29-32(53-20)52-19(7)51-29)56-36(9)58-31-28(50-18(6)42)25(48-16(4)40)22(11-45-14(2)38)55-34(31)60-36/h19-34,43H,10-12H2,1-9H3/t19-,20+,21+,22+,23-,24+,25-,26-,27-,28+,29+,30+,31-,32+,33-,34+,35-,36+/m1/s1. The summed E-state index contributed by atoms with van der Waals surface area (Å²) in [5, 5.41) is 11.8. The van der Waals surface area contributed by atoms with Crippen molar-refractivity contribution in [2.45, 2.75) is 173 Å². The van der Waals surface area contributed by atoms with E-state index >= 15 is 0 Å². The molecule has 0 saturated carbocycles. The minimum Gasteiger partial charge on any atom is -0.463 e.